The van der Waals surface area contributed by atoms with Crippen molar-refractivity contribution in [2.75, 3.05) is 11.9 Å². The zero-order chi connectivity index (χ0) is 17.4. The van der Waals surface area contributed by atoms with Crippen LogP contribution in [0.5, 0.6) is 0 Å². The van der Waals surface area contributed by atoms with E-state index in [-0.39, 0.29) is 12.5 Å². The number of amides is 1. The summed E-state index contributed by atoms with van der Waals surface area (Å²) >= 11 is 6.13. The summed E-state index contributed by atoms with van der Waals surface area (Å²) in [4.78, 5) is 19.5. The molecule has 3 heterocycles. The number of hydrazine groups is 1. The number of anilines is 1. The van der Waals surface area contributed by atoms with E-state index >= 15 is 0 Å². The standard InChI is InChI=1S/C17H15ClN6O/c18-10-5-6-14-22-16(12-7-20-13-4-2-1-3-11(12)13)17(24(14)9-10)21-8-15(25)23-19/h1-7,9,20-21H,8,19H2,(H,23,25). The van der Waals surface area contributed by atoms with E-state index < -0.39 is 0 Å². The van der Waals surface area contributed by atoms with Gasteiger partial charge in [-0.05, 0) is 18.2 Å². The molecule has 4 rings (SSSR count). The van der Waals surface area contributed by atoms with Gasteiger partial charge in [-0.15, -0.1) is 0 Å². The molecule has 3 aromatic heterocycles. The molecule has 0 aliphatic rings. The molecule has 0 fully saturated rings. The van der Waals surface area contributed by atoms with Gasteiger partial charge < -0.3 is 10.3 Å². The number of H-pyrrole nitrogens is 1. The number of benzene rings is 1. The summed E-state index contributed by atoms with van der Waals surface area (Å²) in [6, 6.07) is 11.6. The molecular formula is C17H15ClN6O. The molecule has 0 saturated carbocycles. The number of carbonyl (C=O) groups is 1. The Kier molecular flexibility index (Phi) is 3.79. The van der Waals surface area contributed by atoms with E-state index in [0.29, 0.717) is 10.8 Å². The van der Waals surface area contributed by atoms with Gasteiger partial charge in [0.2, 0.25) is 0 Å². The summed E-state index contributed by atoms with van der Waals surface area (Å²) in [7, 11) is 0. The summed E-state index contributed by atoms with van der Waals surface area (Å²) in [5.74, 6) is 5.51. The van der Waals surface area contributed by atoms with Gasteiger partial charge in [0.05, 0.1) is 11.6 Å². The molecule has 8 heteroatoms. The normalized spacial score (nSPS) is 11.1. The first kappa shape index (κ1) is 15.5. The molecule has 1 aromatic carbocycles. The Morgan fingerprint density at radius 3 is 2.96 bits per heavy atom. The van der Waals surface area contributed by atoms with E-state index in [9.17, 15) is 4.79 Å². The summed E-state index contributed by atoms with van der Waals surface area (Å²) in [5, 5.41) is 4.72. The van der Waals surface area contributed by atoms with Gasteiger partial charge in [-0.3, -0.25) is 14.6 Å². The van der Waals surface area contributed by atoms with Crippen LogP contribution in [0.15, 0.2) is 48.8 Å². The van der Waals surface area contributed by atoms with Gasteiger partial charge in [0, 0.05) is 28.9 Å². The van der Waals surface area contributed by atoms with Gasteiger partial charge in [-0.25, -0.2) is 10.8 Å². The Morgan fingerprint density at radius 2 is 2.12 bits per heavy atom. The lowest BCUT2D eigenvalue weighted by Gasteiger charge is -2.08. The van der Waals surface area contributed by atoms with Crippen molar-refractivity contribution in [3.05, 3.63) is 53.8 Å². The van der Waals surface area contributed by atoms with Gasteiger partial charge in [0.25, 0.3) is 5.91 Å². The first-order valence-electron chi connectivity index (χ1n) is 7.65. The summed E-state index contributed by atoms with van der Waals surface area (Å²) in [6.45, 7) is 0.0200. The molecule has 4 aromatic rings. The van der Waals surface area contributed by atoms with E-state index in [4.69, 9.17) is 22.4 Å². The number of para-hydroxylation sites is 1. The quantitative estimate of drug-likeness (QED) is 0.257. The number of carbonyl (C=O) groups excluding carboxylic acids is 1. The summed E-state index contributed by atoms with van der Waals surface area (Å²) in [6.07, 6.45) is 3.66. The maximum atomic E-state index is 11.6. The van der Waals surface area contributed by atoms with Crippen LogP contribution in [0.1, 0.15) is 0 Å². The molecule has 126 valence electrons. The second-order valence-corrected chi connectivity index (χ2v) is 5.99. The smallest absolute Gasteiger partial charge is 0.253 e. The van der Waals surface area contributed by atoms with Crippen molar-refractivity contribution < 1.29 is 4.79 Å². The Bertz CT molecular complexity index is 1080. The second-order valence-electron chi connectivity index (χ2n) is 5.55. The number of fused-ring (bicyclic) bond motifs is 2. The van der Waals surface area contributed by atoms with Crippen LogP contribution in [-0.4, -0.2) is 26.8 Å². The topological polar surface area (TPSA) is 100 Å². The minimum atomic E-state index is -0.332. The fourth-order valence-electron chi connectivity index (χ4n) is 2.86. The SMILES string of the molecule is NNC(=O)CNc1c(-c2c[nH]c3ccccc23)nc2ccc(Cl)cn12. The number of nitrogens with two attached hydrogens (primary N) is 1. The number of aromatic amines is 1. The molecule has 0 unspecified atom stereocenters. The zero-order valence-electron chi connectivity index (χ0n) is 13.1. The van der Waals surface area contributed by atoms with Crippen LogP contribution < -0.4 is 16.6 Å². The number of hydrogen-bond acceptors (Lipinski definition) is 4. The highest BCUT2D eigenvalue weighted by Crippen LogP contribution is 2.34. The third-order valence-corrected chi connectivity index (χ3v) is 4.23. The molecule has 5 N–H and O–H groups in total. The maximum absolute atomic E-state index is 11.6. The zero-order valence-corrected chi connectivity index (χ0v) is 13.8. The van der Waals surface area contributed by atoms with Gasteiger partial charge in [-0.2, -0.15) is 0 Å². The third kappa shape index (κ3) is 2.69. The molecule has 0 aliphatic heterocycles. The van der Waals surface area contributed by atoms with Gasteiger partial charge in [0.1, 0.15) is 17.2 Å². The minimum absolute atomic E-state index is 0.0200. The highest BCUT2D eigenvalue weighted by molar-refractivity contribution is 6.30. The van der Waals surface area contributed by atoms with E-state index in [2.05, 4.69) is 15.7 Å². The number of rotatable bonds is 4. The molecule has 7 nitrogen and oxygen atoms in total. The van der Waals surface area contributed by atoms with Crippen LogP contribution >= 0.6 is 11.6 Å². The lowest BCUT2D eigenvalue weighted by Crippen LogP contribution is -2.35. The van der Waals surface area contributed by atoms with Crippen molar-refractivity contribution >= 4 is 39.9 Å². The van der Waals surface area contributed by atoms with Crippen molar-refractivity contribution in [3.63, 3.8) is 0 Å². The molecule has 0 spiro atoms. The summed E-state index contributed by atoms with van der Waals surface area (Å²) < 4.78 is 1.82. The number of nitrogens with one attached hydrogen (secondary N) is 3. The van der Waals surface area contributed by atoms with E-state index in [0.717, 1.165) is 27.8 Å². The lowest BCUT2D eigenvalue weighted by molar-refractivity contribution is -0.119. The molecule has 0 bridgehead atoms. The largest absolute Gasteiger partial charge is 0.360 e. The van der Waals surface area contributed by atoms with Gasteiger partial charge in [-0.1, -0.05) is 29.8 Å². The fourth-order valence-corrected chi connectivity index (χ4v) is 3.02. The Balaban J connectivity index is 1.91. The number of hydrogen-bond donors (Lipinski definition) is 4. The average molecular weight is 355 g/mol. The van der Waals surface area contributed by atoms with Crippen LogP contribution in [0.25, 0.3) is 27.8 Å². The number of halogens is 1. The van der Waals surface area contributed by atoms with Crippen LogP contribution in [0.2, 0.25) is 5.02 Å². The number of aromatic nitrogens is 3. The minimum Gasteiger partial charge on any atom is -0.360 e. The number of pyridine rings is 1. The van der Waals surface area contributed by atoms with Crippen molar-refractivity contribution in [1.82, 2.24) is 19.8 Å². The van der Waals surface area contributed by atoms with E-state index in [1.807, 2.05) is 40.9 Å². The molecule has 0 saturated heterocycles. The Morgan fingerprint density at radius 1 is 1.28 bits per heavy atom. The lowest BCUT2D eigenvalue weighted by atomic mass is 10.1. The number of imidazole rings is 1. The van der Waals surface area contributed by atoms with Crippen molar-refractivity contribution in [3.8, 4) is 11.3 Å². The van der Waals surface area contributed by atoms with Crippen molar-refractivity contribution in [2.45, 2.75) is 0 Å². The van der Waals surface area contributed by atoms with E-state index in [1.165, 1.54) is 0 Å². The highest BCUT2D eigenvalue weighted by atomic mass is 35.5. The van der Waals surface area contributed by atoms with Crippen molar-refractivity contribution in [1.29, 1.82) is 0 Å². The molecular weight excluding hydrogens is 340 g/mol. The molecule has 1 amide bonds. The highest BCUT2D eigenvalue weighted by Gasteiger charge is 2.18. The van der Waals surface area contributed by atoms with Crippen LogP contribution in [0.3, 0.4) is 0 Å². The van der Waals surface area contributed by atoms with Crippen LogP contribution in [0, 0.1) is 0 Å². The number of nitrogens with zero attached hydrogens (tertiary/aromatic N) is 2. The fraction of sp³-hybridized carbons (Fsp3) is 0.0588. The van der Waals surface area contributed by atoms with Crippen molar-refractivity contribution in [2.24, 2.45) is 5.84 Å². The van der Waals surface area contributed by atoms with Crippen LogP contribution in [-0.2, 0) is 4.79 Å². The third-order valence-electron chi connectivity index (χ3n) is 4.00. The summed E-state index contributed by atoms with van der Waals surface area (Å²) in [5.41, 5.74) is 5.50. The second kappa shape index (κ2) is 6.12. The predicted molar refractivity (Wildman–Crippen MR) is 98.3 cm³/mol. The molecule has 25 heavy (non-hydrogen) atoms. The maximum Gasteiger partial charge on any atom is 0.253 e. The molecule has 0 aliphatic carbocycles. The first-order valence-corrected chi connectivity index (χ1v) is 8.02. The van der Waals surface area contributed by atoms with Gasteiger partial charge >= 0.3 is 0 Å². The average Bonchev–Trinajstić information content (AvgIpc) is 3.20. The Labute approximate surface area is 147 Å². The van der Waals surface area contributed by atoms with E-state index in [1.54, 1.807) is 12.3 Å². The first-order chi connectivity index (χ1) is 12.2. The Hall–Kier alpha value is -3.03. The molecule has 0 atom stereocenters. The van der Waals surface area contributed by atoms with Crippen LogP contribution in [0.4, 0.5) is 5.82 Å². The molecule has 0 radical (unpaired) electrons. The van der Waals surface area contributed by atoms with Gasteiger partial charge in [0.15, 0.2) is 0 Å². The monoisotopic (exact) mass is 354 g/mol. The predicted octanol–water partition coefficient (Wildman–Crippen LogP) is 2.54.